The van der Waals surface area contributed by atoms with E-state index in [4.69, 9.17) is 4.74 Å². The Bertz CT molecular complexity index is 263. The molecule has 0 saturated carbocycles. The number of hydrogen-bond acceptors (Lipinski definition) is 4. The van der Waals surface area contributed by atoms with E-state index in [0.29, 0.717) is 6.61 Å². The molecule has 0 bridgehead atoms. The van der Waals surface area contributed by atoms with Crippen molar-refractivity contribution in [3.63, 3.8) is 0 Å². The molecular formula is C9H14IN3O. The van der Waals surface area contributed by atoms with Gasteiger partial charge in [0, 0.05) is 6.54 Å². The molecule has 1 rings (SSSR count). The quantitative estimate of drug-likeness (QED) is 0.604. The number of aromatic nitrogens is 2. The zero-order chi connectivity index (χ0) is 10.4. The summed E-state index contributed by atoms with van der Waals surface area (Å²) in [5.74, 6) is 0. The van der Waals surface area contributed by atoms with E-state index in [1.807, 2.05) is 26.2 Å². The Balaban J connectivity index is 2.21. The Morgan fingerprint density at radius 2 is 2.14 bits per heavy atom. The average Bonchev–Trinajstić information content (AvgIpc) is 2.15. The van der Waals surface area contributed by atoms with E-state index in [-0.39, 0.29) is 0 Å². The van der Waals surface area contributed by atoms with E-state index in [9.17, 15) is 0 Å². The third kappa shape index (κ3) is 4.83. The first-order valence-electron chi connectivity index (χ1n) is 4.39. The summed E-state index contributed by atoms with van der Waals surface area (Å²) < 4.78 is 6.33. The number of hydrogen-bond donors (Lipinski definition) is 0. The molecular weight excluding hydrogens is 293 g/mol. The second-order valence-electron chi connectivity index (χ2n) is 3.20. The van der Waals surface area contributed by atoms with Crippen LogP contribution in [0, 0.1) is 3.70 Å². The molecule has 1 aromatic rings. The summed E-state index contributed by atoms with van der Waals surface area (Å²) in [6.07, 6.45) is 0. The van der Waals surface area contributed by atoms with E-state index in [1.54, 1.807) is 0 Å². The van der Waals surface area contributed by atoms with Gasteiger partial charge in [0.25, 0.3) is 0 Å². The minimum absolute atomic E-state index is 0.539. The Morgan fingerprint density at radius 3 is 2.71 bits per heavy atom. The Kier molecular flexibility index (Phi) is 5.28. The van der Waals surface area contributed by atoms with Gasteiger partial charge in [-0.25, -0.2) is 0 Å². The first-order valence-corrected chi connectivity index (χ1v) is 5.47. The number of ether oxygens (including phenoxy) is 1. The highest BCUT2D eigenvalue weighted by Gasteiger charge is 1.96. The SMILES string of the molecule is CN(C)CCOCc1ccc(I)nn1. The third-order valence-electron chi connectivity index (χ3n) is 1.62. The Morgan fingerprint density at radius 1 is 1.36 bits per heavy atom. The fourth-order valence-electron chi connectivity index (χ4n) is 0.844. The molecule has 0 radical (unpaired) electrons. The second kappa shape index (κ2) is 6.26. The largest absolute Gasteiger partial charge is 0.374 e. The number of rotatable bonds is 5. The van der Waals surface area contributed by atoms with Crippen LogP contribution in [0.2, 0.25) is 0 Å². The van der Waals surface area contributed by atoms with E-state index in [2.05, 4.69) is 37.7 Å². The summed E-state index contributed by atoms with van der Waals surface area (Å²) in [6, 6.07) is 3.86. The molecule has 1 heterocycles. The van der Waals surface area contributed by atoms with Crippen LogP contribution in [0.5, 0.6) is 0 Å². The van der Waals surface area contributed by atoms with E-state index in [1.165, 1.54) is 0 Å². The molecule has 0 N–H and O–H groups in total. The molecule has 78 valence electrons. The highest BCUT2D eigenvalue weighted by Crippen LogP contribution is 2.00. The van der Waals surface area contributed by atoms with Crippen LogP contribution in [0.4, 0.5) is 0 Å². The van der Waals surface area contributed by atoms with Gasteiger partial charge in [-0.3, -0.25) is 0 Å². The van der Waals surface area contributed by atoms with Gasteiger partial charge in [-0.05, 0) is 48.8 Å². The summed E-state index contributed by atoms with van der Waals surface area (Å²) in [5, 5.41) is 7.94. The van der Waals surface area contributed by atoms with Crippen molar-refractivity contribution < 1.29 is 4.74 Å². The number of nitrogens with zero attached hydrogens (tertiary/aromatic N) is 3. The lowest BCUT2D eigenvalue weighted by atomic mass is 10.4. The van der Waals surface area contributed by atoms with Crippen molar-refractivity contribution in [3.05, 3.63) is 21.5 Å². The Hall–Kier alpha value is -0.270. The molecule has 0 fully saturated rings. The van der Waals surface area contributed by atoms with Crippen LogP contribution in [0.1, 0.15) is 5.69 Å². The predicted molar refractivity (Wildman–Crippen MR) is 63.0 cm³/mol. The van der Waals surface area contributed by atoms with Crippen LogP contribution in [-0.2, 0) is 11.3 Å². The molecule has 4 nitrogen and oxygen atoms in total. The summed E-state index contributed by atoms with van der Waals surface area (Å²) >= 11 is 2.13. The van der Waals surface area contributed by atoms with Crippen LogP contribution in [-0.4, -0.2) is 42.3 Å². The van der Waals surface area contributed by atoms with Gasteiger partial charge in [-0.2, -0.15) is 5.10 Å². The fraction of sp³-hybridized carbons (Fsp3) is 0.556. The van der Waals surface area contributed by atoms with E-state index >= 15 is 0 Å². The number of likely N-dealkylation sites (N-methyl/N-ethyl adjacent to an activating group) is 1. The first kappa shape index (κ1) is 11.8. The topological polar surface area (TPSA) is 38.2 Å². The fourth-order valence-corrected chi connectivity index (χ4v) is 1.13. The minimum Gasteiger partial charge on any atom is -0.374 e. The molecule has 1 aromatic heterocycles. The molecule has 0 aliphatic heterocycles. The maximum Gasteiger partial charge on any atom is 0.124 e. The molecule has 0 saturated heterocycles. The van der Waals surface area contributed by atoms with Gasteiger partial charge < -0.3 is 9.64 Å². The molecule has 0 spiro atoms. The summed E-state index contributed by atoms with van der Waals surface area (Å²) in [5.41, 5.74) is 0.879. The zero-order valence-corrected chi connectivity index (χ0v) is 10.6. The first-order chi connectivity index (χ1) is 6.68. The summed E-state index contributed by atoms with van der Waals surface area (Å²) in [7, 11) is 4.04. The summed E-state index contributed by atoms with van der Waals surface area (Å²) in [4.78, 5) is 2.08. The van der Waals surface area contributed by atoms with Crippen molar-refractivity contribution in [2.24, 2.45) is 0 Å². The second-order valence-corrected chi connectivity index (χ2v) is 4.31. The van der Waals surface area contributed by atoms with Gasteiger partial charge in [0.15, 0.2) is 0 Å². The van der Waals surface area contributed by atoms with Gasteiger partial charge in [0.1, 0.15) is 3.70 Å². The summed E-state index contributed by atoms with van der Waals surface area (Å²) in [6.45, 7) is 2.19. The zero-order valence-electron chi connectivity index (χ0n) is 8.40. The van der Waals surface area contributed by atoms with Crippen molar-refractivity contribution in [2.45, 2.75) is 6.61 Å². The van der Waals surface area contributed by atoms with Crippen molar-refractivity contribution >= 4 is 22.6 Å². The van der Waals surface area contributed by atoms with Crippen molar-refractivity contribution in [1.82, 2.24) is 15.1 Å². The van der Waals surface area contributed by atoms with Gasteiger partial charge in [-0.15, -0.1) is 5.10 Å². The highest BCUT2D eigenvalue weighted by atomic mass is 127. The minimum atomic E-state index is 0.539. The van der Waals surface area contributed by atoms with Crippen molar-refractivity contribution in [2.75, 3.05) is 27.2 Å². The maximum absolute atomic E-state index is 5.42. The molecule has 14 heavy (non-hydrogen) atoms. The maximum atomic E-state index is 5.42. The van der Waals surface area contributed by atoms with E-state index < -0.39 is 0 Å². The molecule has 0 amide bonds. The molecule has 0 aliphatic carbocycles. The standard InChI is InChI=1S/C9H14IN3O/c1-13(2)5-6-14-7-8-3-4-9(10)12-11-8/h3-4H,5-7H2,1-2H3. The third-order valence-corrected chi connectivity index (χ3v) is 2.20. The van der Waals surface area contributed by atoms with Gasteiger partial charge >= 0.3 is 0 Å². The molecule has 0 unspecified atom stereocenters. The molecule has 0 atom stereocenters. The lowest BCUT2D eigenvalue weighted by molar-refractivity contribution is 0.102. The van der Waals surface area contributed by atoms with Crippen molar-refractivity contribution in [3.8, 4) is 0 Å². The molecule has 5 heteroatoms. The smallest absolute Gasteiger partial charge is 0.124 e. The monoisotopic (exact) mass is 307 g/mol. The van der Waals surface area contributed by atoms with Gasteiger partial charge in [0.05, 0.1) is 18.9 Å². The van der Waals surface area contributed by atoms with Gasteiger partial charge in [0.2, 0.25) is 0 Å². The lowest BCUT2D eigenvalue weighted by Crippen LogP contribution is -2.18. The van der Waals surface area contributed by atoms with Crippen LogP contribution < -0.4 is 0 Å². The van der Waals surface area contributed by atoms with Crippen LogP contribution in [0.3, 0.4) is 0 Å². The van der Waals surface area contributed by atoms with Crippen molar-refractivity contribution in [1.29, 1.82) is 0 Å². The number of halogens is 1. The van der Waals surface area contributed by atoms with Crippen LogP contribution in [0.25, 0.3) is 0 Å². The molecule has 0 aliphatic rings. The van der Waals surface area contributed by atoms with Crippen LogP contribution in [0.15, 0.2) is 12.1 Å². The normalized spacial score (nSPS) is 10.9. The van der Waals surface area contributed by atoms with E-state index in [0.717, 1.165) is 22.5 Å². The average molecular weight is 307 g/mol. The highest BCUT2D eigenvalue weighted by molar-refractivity contribution is 14.1. The van der Waals surface area contributed by atoms with Gasteiger partial charge in [-0.1, -0.05) is 0 Å². The Labute approximate surface area is 97.8 Å². The predicted octanol–water partition coefficient (Wildman–Crippen LogP) is 1.16. The van der Waals surface area contributed by atoms with Crippen LogP contribution >= 0.6 is 22.6 Å². The molecule has 0 aromatic carbocycles. The lowest BCUT2D eigenvalue weighted by Gasteiger charge is -2.09.